The SMILES string of the molecule is CC(C(=O)NCCCN1CCOCC1)C(N)c1ccccc1. The van der Waals surface area contributed by atoms with E-state index in [1.165, 1.54) is 0 Å². The molecular weight excluding hydrogens is 278 g/mol. The number of rotatable bonds is 7. The van der Waals surface area contributed by atoms with E-state index in [1.54, 1.807) is 0 Å². The number of nitrogens with zero attached hydrogens (tertiary/aromatic N) is 1. The first-order chi connectivity index (χ1) is 10.7. The van der Waals surface area contributed by atoms with Crippen molar-refractivity contribution in [1.82, 2.24) is 10.2 Å². The molecule has 0 radical (unpaired) electrons. The molecule has 5 nitrogen and oxygen atoms in total. The van der Waals surface area contributed by atoms with Crippen molar-refractivity contribution in [2.75, 3.05) is 39.4 Å². The van der Waals surface area contributed by atoms with Gasteiger partial charge in [-0.15, -0.1) is 0 Å². The maximum absolute atomic E-state index is 12.2. The highest BCUT2D eigenvalue weighted by atomic mass is 16.5. The van der Waals surface area contributed by atoms with E-state index in [9.17, 15) is 4.79 Å². The maximum Gasteiger partial charge on any atom is 0.224 e. The average molecular weight is 305 g/mol. The largest absolute Gasteiger partial charge is 0.379 e. The summed E-state index contributed by atoms with van der Waals surface area (Å²) >= 11 is 0. The van der Waals surface area contributed by atoms with Crippen molar-refractivity contribution < 1.29 is 9.53 Å². The average Bonchev–Trinajstić information content (AvgIpc) is 2.59. The first-order valence-electron chi connectivity index (χ1n) is 8.07. The van der Waals surface area contributed by atoms with Crippen LogP contribution in [0.2, 0.25) is 0 Å². The van der Waals surface area contributed by atoms with Gasteiger partial charge in [-0.3, -0.25) is 9.69 Å². The van der Waals surface area contributed by atoms with Gasteiger partial charge in [-0.1, -0.05) is 37.3 Å². The number of morpholine rings is 1. The molecule has 2 atom stereocenters. The van der Waals surface area contributed by atoms with Gasteiger partial charge in [0, 0.05) is 25.7 Å². The topological polar surface area (TPSA) is 67.6 Å². The van der Waals surface area contributed by atoms with E-state index in [0.717, 1.165) is 44.8 Å². The lowest BCUT2D eigenvalue weighted by molar-refractivity contribution is -0.125. The molecule has 3 N–H and O–H groups in total. The zero-order valence-corrected chi connectivity index (χ0v) is 13.3. The molecule has 0 aromatic heterocycles. The van der Waals surface area contributed by atoms with Crippen LogP contribution in [-0.4, -0.2) is 50.2 Å². The predicted octanol–water partition coefficient (Wildman–Crippen LogP) is 1.16. The molecular formula is C17H27N3O2. The number of ether oxygens (including phenoxy) is 1. The van der Waals surface area contributed by atoms with Gasteiger partial charge in [0.05, 0.1) is 19.1 Å². The van der Waals surface area contributed by atoms with Crippen LogP contribution in [0.5, 0.6) is 0 Å². The Morgan fingerprint density at radius 2 is 2.00 bits per heavy atom. The normalized spacial score (nSPS) is 18.6. The second kappa shape index (κ2) is 8.88. The summed E-state index contributed by atoms with van der Waals surface area (Å²) in [4.78, 5) is 14.6. The van der Waals surface area contributed by atoms with Crippen LogP contribution < -0.4 is 11.1 Å². The van der Waals surface area contributed by atoms with Crippen molar-refractivity contribution in [1.29, 1.82) is 0 Å². The van der Waals surface area contributed by atoms with Gasteiger partial charge >= 0.3 is 0 Å². The number of nitrogens with one attached hydrogen (secondary N) is 1. The van der Waals surface area contributed by atoms with Gasteiger partial charge in [-0.05, 0) is 18.5 Å². The number of benzene rings is 1. The van der Waals surface area contributed by atoms with E-state index >= 15 is 0 Å². The highest BCUT2D eigenvalue weighted by Gasteiger charge is 2.21. The van der Waals surface area contributed by atoms with E-state index in [1.807, 2.05) is 37.3 Å². The van der Waals surface area contributed by atoms with E-state index in [2.05, 4.69) is 10.2 Å². The lowest BCUT2D eigenvalue weighted by Gasteiger charge is -2.26. The maximum atomic E-state index is 12.2. The molecule has 1 heterocycles. The molecule has 1 fully saturated rings. The standard InChI is InChI=1S/C17H27N3O2/c1-14(16(18)15-6-3-2-4-7-15)17(21)19-8-5-9-20-10-12-22-13-11-20/h2-4,6-7,14,16H,5,8-13,18H2,1H3,(H,19,21). The van der Waals surface area contributed by atoms with Crippen LogP contribution in [0.4, 0.5) is 0 Å². The molecule has 1 amide bonds. The molecule has 0 bridgehead atoms. The summed E-state index contributed by atoms with van der Waals surface area (Å²) in [6.45, 7) is 7.19. The third-order valence-electron chi connectivity index (χ3n) is 4.19. The van der Waals surface area contributed by atoms with Crippen molar-refractivity contribution in [3.8, 4) is 0 Å². The predicted molar refractivity (Wildman–Crippen MR) is 87.4 cm³/mol. The number of carbonyl (C=O) groups is 1. The Morgan fingerprint density at radius 1 is 1.32 bits per heavy atom. The van der Waals surface area contributed by atoms with Crippen LogP contribution >= 0.6 is 0 Å². The Bertz CT molecular complexity index is 446. The number of nitrogens with two attached hydrogens (primary N) is 1. The van der Waals surface area contributed by atoms with Crippen LogP contribution in [0.3, 0.4) is 0 Å². The zero-order chi connectivity index (χ0) is 15.8. The Balaban J connectivity index is 1.67. The summed E-state index contributed by atoms with van der Waals surface area (Å²) in [6.07, 6.45) is 0.957. The zero-order valence-electron chi connectivity index (χ0n) is 13.3. The third kappa shape index (κ3) is 5.09. The summed E-state index contributed by atoms with van der Waals surface area (Å²) in [7, 11) is 0. The molecule has 1 aromatic rings. The van der Waals surface area contributed by atoms with Crippen LogP contribution in [0.15, 0.2) is 30.3 Å². The molecule has 0 aliphatic carbocycles. The quantitative estimate of drug-likeness (QED) is 0.742. The summed E-state index contributed by atoms with van der Waals surface area (Å²) in [5, 5.41) is 3.00. The summed E-state index contributed by atoms with van der Waals surface area (Å²) in [5.41, 5.74) is 7.18. The van der Waals surface area contributed by atoms with Crippen molar-refractivity contribution in [3.05, 3.63) is 35.9 Å². The monoisotopic (exact) mass is 305 g/mol. The van der Waals surface area contributed by atoms with E-state index in [0.29, 0.717) is 6.54 Å². The minimum Gasteiger partial charge on any atom is -0.379 e. The van der Waals surface area contributed by atoms with Crippen LogP contribution in [0, 0.1) is 5.92 Å². The summed E-state index contributed by atoms with van der Waals surface area (Å²) in [5.74, 6) is -0.205. The van der Waals surface area contributed by atoms with Crippen LogP contribution in [-0.2, 0) is 9.53 Å². The Morgan fingerprint density at radius 3 is 2.68 bits per heavy atom. The molecule has 1 aliphatic heterocycles. The van der Waals surface area contributed by atoms with Gasteiger partial charge in [0.2, 0.25) is 5.91 Å². The Labute approximate surface area is 132 Å². The molecule has 0 spiro atoms. The number of hydrogen-bond acceptors (Lipinski definition) is 4. The van der Waals surface area contributed by atoms with Gasteiger partial charge in [-0.25, -0.2) is 0 Å². The van der Waals surface area contributed by atoms with Crippen molar-refractivity contribution >= 4 is 5.91 Å². The highest BCUT2D eigenvalue weighted by molar-refractivity contribution is 5.79. The molecule has 5 heteroatoms. The summed E-state index contributed by atoms with van der Waals surface area (Å²) < 4.78 is 5.32. The molecule has 122 valence electrons. The molecule has 1 aliphatic rings. The first-order valence-corrected chi connectivity index (χ1v) is 8.07. The molecule has 1 aromatic carbocycles. The molecule has 22 heavy (non-hydrogen) atoms. The van der Waals surface area contributed by atoms with Crippen molar-refractivity contribution in [2.24, 2.45) is 11.7 Å². The summed E-state index contributed by atoms with van der Waals surface area (Å²) in [6, 6.07) is 9.51. The minimum atomic E-state index is -0.263. The van der Waals surface area contributed by atoms with E-state index < -0.39 is 0 Å². The fourth-order valence-electron chi connectivity index (χ4n) is 2.63. The van der Waals surface area contributed by atoms with Gasteiger partial charge in [0.15, 0.2) is 0 Å². The number of carbonyl (C=O) groups excluding carboxylic acids is 1. The molecule has 2 unspecified atom stereocenters. The Hall–Kier alpha value is -1.43. The van der Waals surface area contributed by atoms with Gasteiger partial charge < -0.3 is 15.8 Å². The molecule has 1 saturated heterocycles. The first kappa shape index (κ1) is 16.9. The highest BCUT2D eigenvalue weighted by Crippen LogP contribution is 2.18. The lowest BCUT2D eigenvalue weighted by Crippen LogP contribution is -2.39. The third-order valence-corrected chi connectivity index (χ3v) is 4.19. The van der Waals surface area contributed by atoms with Gasteiger partial charge in [0.25, 0.3) is 0 Å². The van der Waals surface area contributed by atoms with Gasteiger partial charge in [0.1, 0.15) is 0 Å². The molecule has 2 rings (SSSR count). The number of hydrogen-bond donors (Lipinski definition) is 2. The lowest BCUT2D eigenvalue weighted by atomic mass is 9.95. The second-order valence-corrected chi connectivity index (χ2v) is 5.82. The fraction of sp³-hybridized carbons (Fsp3) is 0.588. The van der Waals surface area contributed by atoms with Crippen molar-refractivity contribution in [2.45, 2.75) is 19.4 Å². The Kier molecular flexibility index (Phi) is 6.83. The van der Waals surface area contributed by atoms with Crippen molar-refractivity contribution in [3.63, 3.8) is 0 Å². The van der Waals surface area contributed by atoms with E-state index in [4.69, 9.17) is 10.5 Å². The smallest absolute Gasteiger partial charge is 0.224 e. The van der Waals surface area contributed by atoms with E-state index in [-0.39, 0.29) is 17.9 Å². The van der Waals surface area contributed by atoms with Crippen LogP contribution in [0.25, 0.3) is 0 Å². The fourth-order valence-corrected chi connectivity index (χ4v) is 2.63. The second-order valence-electron chi connectivity index (χ2n) is 5.82. The number of amides is 1. The molecule has 0 saturated carbocycles. The van der Waals surface area contributed by atoms with Crippen LogP contribution in [0.1, 0.15) is 24.9 Å². The van der Waals surface area contributed by atoms with Gasteiger partial charge in [-0.2, -0.15) is 0 Å². The minimum absolute atomic E-state index is 0.0262.